The molecule has 2 aliphatic rings. The molecule has 0 saturated heterocycles. The van der Waals surface area contributed by atoms with Crippen LogP contribution in [0.5, 0.6) is 0 Å². The Bertz CT molecular complexity index is 269. The zero-order valence-corrected chi connectivity index (χ0v) is 5.73. The predicted octanol–water partition coefficient (Wildman–Crippen LogP) is -1.32. The highest BCUT2D eigenvalue weighted by Crippen LogP contribution is 2.09. The molecule has 0 saturated carbocycles. The summed E-state index contributed by atoms with van der Waals surface area (Å²) in [7, 11) is 0. The van der Waals surface area contributed by atoms with Crippen LogP contribution in [0.15, 0.2) is 11.3 Å². The maximum atomic E-state index is 11.0. The molecule has 0 aromatic rings. The molecule has 2 heterocycles. The molecule has 2 rings (SSSR count). The van der Waals surface area contributed by atoms with Crippen LogP contribution in [0, 0.1) is 0 Å². The van der Waals surface area contributed by atoms with E-state index in [1.807, 2.05) is 0 Å². The van der Waals surface area contributed by atoms with Crippen molar-refractivity contribution >= 4 is 11.9 Å². The maximum Gasteiger partial charge on any atom is 0.319 e. The first-order valence-corrected chi connectivity index (χ1v) is 3.32. The number of rotatable bonds is 0. The number of nitrogens with one attached hydrogen (secondary N) is 3. The maximum absolute atomic E-state index is 11.0. The van der Waals surface area contributed by atoms with Crippen LogP contribution in [0.25, 0.3) is 0 Å². The summed E-state index contributed by atoms with van der Waals surface area (Å²) >= 11 is 0. The van der Waals surface area contributed by atoms with Crippen molar-refractivity contribution in [1.82, 2.24) is 16.0 Å². The van der Waals surface area contributed by atoms with Crippen molar-refractivity contribution in [3.63, 3.8) is 0 Å². The number of carbonyl (C=O) groups is 2. The fourth-order valence-corrected chi connectivity index (χ4v) is 1.18. The molecule has 5 nitrogen and oxygen atoms in total. The standard InChI is InChI=1S/C6H7N3O2/c10-5-3-1-8-6(11)9-4(3)2-7-5/h1-2H2,(H,7,10)(H2,8,9,11). The van der Waals surface area contributed by atoms with E-state index in [1.54, 1.807) is 0 Å². The van der Waals surface area contributed by atoms with Crippen LogP contribution in [0.3, 0.4) is 0 Å². The van der Waals surface area contributed by atoms with Gasteiger partial charge in [0, 0.05) is 5.70 Å². The first-order chi connectivity index (χ1) is 5.27. The lowest BCUT2D eigenvalue weighted by Crippen LogP contribution is -2.41. The van der Waals surface area contributed by atoms with Gasteiger partial charge in [0.1, 0.15) is 0 Å². The zero-order valence-electron chi connectivity index (χ0n) is 5.73. The summed E-state index contributed by atoms with van der Waals surface area (Å²) < 4.78 is 0. The van der Waals surface area contributed by atoms with E-state index in [1.165, 1.54) is 0 Å². The Morgan fingerprint density at radius 1 is 1.09 bits per heavy atom. The molecule has 0 bridgehead atoms. The predicted molar refractivity (Wildman–Crippen MR) is 36.6 cm³/mol. The van der Waals surface area contributed by atoms with E-state index in [0.29, 0.717) is 24.4 Å². The van der Waals surface area contributed by atoms with Gasteiger partial charge in [0.05, 0.1) is 18.7 Å². The molecular formula is C6H7N3O2. The van der Waals surface area contributed by atoms with Crippen LogP contribution in [-0.2, 0) is 4.79 Å². The third kappa shape index (κ3) is 0.849. The van der Waals surface area contributed by atoms with Crippen molar-refractivity contribution in [2.45, 2.75) is 0 Å². The van der Waals surface area contributed by atoms with E-state index < -0.39 is 0 Å². The van der Waals surface area contributed by atoms with Crippen LogP contribution in [0.1, 0.15) is 0 Å². The summed E-state index contributed by atoms with van der Waals surface area (Å²) in [5.41, 5.74) is 1.35. The molecule has 0 fully saturated rings. The summed E-state index contributed by atoms with van der Waals surface area (Å²) in [6.45, 7) is 0.786. The normalized spacial score (nSPS) is 22.2. The highest BCUT2D eigenvalue weighted by atomic mass is 16.2. The molecular weight excluding hydrogens is 146 g/mol. The van der Waals surface area contributed by atoms with E-state index in [-0.39, 0.29) is 11.9 Å². The first kappa shape index (κ1) is 6.21. The monoisotopic (exact) mass is 153 g/mol. The first-order valence-electron chi connectivity index (χ1n) is 3.32. The lowest BCUT2D eigenvalue weighted by atomic mass is 10.2. The summed E-state index contributed by atoms with van der Waals surface area (Å²) in [5, 5.41) is 7.68. The van der Waals surface area contributed by atoms with Gasteiger partial charge in [-0.2, -0.15) is 0 Å². The Morgan fingerprint density at radius 3 is 2.73 bits per heavy atom. The van der Waals surface area contributed by atoms with Gasteiger partial charge in [-0.25, -0.2) is 4.79 Å². The van der Waals surface area contributed by atoms with E-state index in [0.717, 1.165) is 0 Å². The fraction of sp³-hybridized carbons (Fsp3) is 0.333. The van der Waals surface area contributed by atoms with Crippen molar-refractivity contribution in [1.29, 1.82) is 0 Å². The summed E-state index contributed by atoms with van der Waals surface area (Å²) in [6, 6.07) is -0.236. The second-order valence-corrected chi connectivity index (χ2v) is 2.45. The molecule has 5 heteroatoms. The highest BCUT2D eigenvalue weighted by Gasteiger charge is 2.27. The largest absolute Gasteiger partial charge is 0.347 e. The Hall–Kier alpha value is -1.52. The molecule has 0 aliphatic carbocycles. The quantitative estimate of drug-likeness (QED) is 0.404. The molecule has 11 heavy (non-hydrogen) atoms. The SMILES string of the molecule is O=C1NCC2=C(CNC2=O)N1. The Labute approximate surface area is 62.8 Å². The summed E-state index contributed by atoms with van der Waals surface area (Å²) in [4.78, 5) is 21.7. The number of urea groups is 1. The number of amides is 3. The van der Waals surface area contributed by atoms with Gasteiger partial charge in [-0.3, -0.25) is 4.79 Å². The number of hydrogen-bond donors (Lipinski definition) is 3. The number of hydrogen-bond acceptors (Lipinski definition) is 2. The van der Waals surface area contributed by atoms with Crippen LogP contribution in [-0.4, -0.2) is 25.0 Å². The average molecular weight is 153 g/mol. The Kier molecular flexibility index (Phi) is 1.12. The second-order valence-electron chi connectivity index (χ2n) is 2.45. The van der Waals surface area contributed by atoms with Crippen molar-refractivity contribution in [2.75, 3.05) is 13.1 Å². The van der Waals surface area contributed by atoms with Gasteiger partial charge in [0.25, 0.3) is 5.91 Å². The minimum Gasteiger partial charge on any atom is -0.347 e. The van der Waals surface area contributed by atoms with Gasteiger partial charge in [-0.1, -0.05) is 0 Å². The molecule has 3 amide bonds. The minimum absolute atomic E-state index is 0.0903. The van der Waals surface area contributed by atoms with Crippen molar-refractivity contribution in [2.24, 2.45) is 0 Å². The highest BCUT2D eigenvalue weighted by molar-refractivity contribution is 6.00. The van der Waals surface area contributed by atoms with Crippen molar-refractivity contribution in [3.05, 3.63) is 11.3 Å². The molecule has 0 atom stereocenters. The molecule has 0 spiro atoms. The lowest BCUT2D eigenvalue weighted by Gasteiger charge is -2.14. The Balaban J connectivity index is 2.30. The van der Waals surface area contributed by atoms with Crippen molar-refractivity contribution in [3.8, 4) is 0 Å². The van der Waals surface area contributed by atoms with Gasteiger partial charge in [-0.05, 0) is 0 Å². The van der Waals surface area contributed by atoms with Crippen molar-refractivity contribution < 1.29 is 9.59 Å². The molecule has 58 valence electrons. The van der Waals surface area contributed by atoms with Gasteiger partial charge >= 0.3 is 6.03 Å². The average Bonchev–Trinajstić information content (AvgIpc) is 2.32. The van der Waals surface area contributed by atoms with Gasteiger partial charge < -0.3 is 16.0 Å². The second kappa shape index (κ2) is 1.98. The minimum atomic E-state index is -0.236. The van der Waals surface area contributed by atoms with E-state index in [4.69, 9.17) is 0 Å². The third-order valence-electron chi connectivity index (χ3n) is 1.75. The van der Waals surface area contributed by atoms with E-state index in [9.17, 15) is 9.59 Å². The Morgan fingerprint density at radius 2 is 1.91 bits per heavy atom. The summed E-state index contributed by atoms with van der Waals surface area (Å²) in [6.07, 6.45) is 0. The number of carbonyl (C=O) groups excluding carboxylic acids is 2. The molecule has 3 N–H and O–H groups in total. The van der Waals surface area contributed by atoms with Crippen LogP contribution in [0.2, 0.25) is 0 Å². The van der Waals surface area contributed by atoms with Crippen LogP contribution >= 0.6 is 0 Å². The zero-order chi connectivity index (χ0) is 7.84. The lowest BCUT2D eigenvalue weighted by molar-refractivity contribution is -0.116. The van der Waals surface area contributed by atoms with Gasteiger partial charge in [0.15, 0.2) is 0 Å². The smallest absolute Gasteiger partial charge is 0.319 e. The summed E-state index contributed by atoms with van der Waals surface area (Å²) in [5.74, 6) is -0.0903. The third-order valence-corrected chi connectivity index (χ3v) is 1.75. The molecule has 0 aromatic carbocycles. The van der Waals surface area contributed by atoms with Crippen LogP contribution in [0.4, 0.5) is 4.79 Å². The molecule has 0 radical (unpaired) electrons. The van der Waals surface area contributed by atoms with Gasteiger partial charge in [-0.15, -0.1) is 0 Å². The van der Waals surface area contributed by atoms with Gasteiger partial charge in [0.2, 0.25) is 0 Å². The van der Waals surface area contributed by atoms with E-state index >= 15 is 0 Å². The topological polar surface area (TPSA) is 70.2 Å². The van der Waals surface area contributed by atoms with Crippen LogP contribution < -0.4 is 16.0 Å². The molecule has 0 aromatic heterocycles. The fourth-order valence-electron chi connectivity index (χ4n) is 1.18. The van der Waals surface area contributed by atoms with E-state index in [2.05, 4.69) is 16.0 Å². The molecule has 2 aliphatic heterocycles. The molecule has 0 unspecified atom stereocenters.